The Hall–Kier alpha value is -2.22. The molecule has 2 heteroatoms. The lowest BCUT2D eigenvalue weighted by atomic mass is 10.2. The Morgan fingerprint density at radius 1 is 0.941 bits per heavy atom. The van der Waals surface area contributed by atoms with E-state index < -0.39 is 0 Å². The van der Waals surface area contributed by atoms with Crippen molar-refractivity contribution in [1.29, 1.82) is 0 Å². The van der Waals surface area contributed by atoms with Crippen LogP contribution in [0.4, 0.5) is 5.69 Å². The molecule has 0 N–H and O–H groups in total. The van der Waals surface area contributed by atoms with Crippen molar-refractivity contribution in [3.8, 4) is 0 Å². The Morgan fingerprint density at radius 2 is 1.47 bits per heavy atom. The molecule has 2 aromatic carbocycles. The molecule has 86 valence electrons. The summed E-state index contributed by atoms with van der Waals surface area (Å²) in [6.07, 6.45) is 1.60. The molecule has 0 aliphatic heterocycles. The zero-order valence-electron chi connectivity index (χ0n) is 9.71. The summed E-state index contributed by atoms with van der Waals surface area (Å²) in [7, 11) is 1.87. The van der Waals surface area contributed by atoms with E-state index in [1.54, 1.807) is 6.20 Å². The highest BCUT2D eigenvalue weighted by Gasteiger charge is 1.95. The van der Waals surface area contributed by atoms with Gasteiger partial charge in [0.25, 0.3) is 0 Å². The first kappa shape index (κ1) is 11.3. The molecule has 0 amide bonds. The lowest BCUT2D eigenvalue weighted by Gasteiger charge is -2.20. The van der Waals surface area contributed by atoms with Crippen molar-refractivity contribution in [3.05, 3.63) is 72.4 Å². The zero-order chi connectivity index (χ0) is 12.1. The van der Waals surface area contributed by atoms with Gasteiger partial charge in [0, 0.05) is 12.7 Å². The first-order valence-corrected chi connectivity index (χ1v) is 5.49. The summed E-state index contributed by atoms with van der Waals surface area (Å²) in [5.41, 5.74) is 1.70. The lowest BCUT2D eigenvalue weighted by Crippen LogP contribution is -2.13. The minimum Gasteiger partial charge on any atom is -0.871 e. The quantitative estimate of drug-likeness (QED) is 0.749. The molecule has 0 unspecified atom stereocenters. The fourth-order valence-electron chi connectivity index (χ4n) is 1.59. The molecule has 0 bridgehead atoms. The first-order valence-electron chi connectivity index (χ1n) is 5.49. The summed E-state index contributed by atoms with van der Waals surface area (Å²) in [6, 6.07) is 19.1. The third-order valence-electron chi connectivity index (χ3n) is 2.53. The van der Waals surface area contributed by atoms with E-state index in [1.807, 2.05) is 72.6 Å². The summed E-state index contributed by atoms with van der Waals surface area (Å²) in [6.45, 7) is 0. The maximum absolute atomic E-state index is 11.9. The van der Waals surface area contributed by atoms with Crippen LogP contribution in [0.15, 0.2) is 66.9 Å². The van der Waals surface area contributed by atoms with E-state index >= 15 is 0 Å². The predicted molar refractivity (Wildman–Crippen MR) is 69.3 cm³/mol. The molecule has 2 rings (SSSR count). The summed E-state index contributed by atoms with van der Waals surface area (Å²) in [5.74, 6) is 0.0111. The van der Waals surface area contributed by atoms with Gasteiger partial charge in [0.15, 0.2) is 0 Å². The molecule has 0 aromatic heterocycles. The standard InChI is InChI=1S/C15H15NO/c1-16(14-10-6-3-7-11-14)12-15(17)13-8-4-2-5-9-13/h2-12,17H,1H3/p-1/b15-12-. The molecule has 2 aromatic rings. The van der Waals surface area contributed by atoms with E-state index in [1.165, 1.54) is 0 Å². The van der Waals surface area contributed by atoms with Gasteiger partial charge in [-0.1, -0.05) is 54.3 Å². The normalized spacial score (nSPS) is 11.2. The molecule has 0 aliphatic rings. The van der Waals surface area contributed by atoms with Crippen molar-refractivity contribution >= 4 is 11.4 Å². The van der Waals surface area contributed by atoms with Gasteiger partial charge in [0.05, 0.1) is 0 Å². The predicted octanol–water partition coefficient (Wildman–Crippen LogP) is 2.48. The summed E-state index contributed by atoms with van der Waals surface area (Å²) < 4.78 is 0. The number of benzene rings is 2. The average molecular weight is 224 g/mol. The topological polar surface area (TPSA) is 26.3 Å². The van der Waals surface area contributed by atoms with Crippen LogP contribution in [0, 0.1) is 0 Å². The maximum atomic E-state index is 11.9. The van der Waals surface area contributed by atoms with Crippen molar-refractivity contribution < 1.29 is 5.11 Å². The number of hydrogen-bond acceptors (Lipinski definition) is 2. The van der Waals surface area contributed by atoms with Crippen LogP contribution in [0.5, 0.6) is 0 Å². The van der Waals surface area contributed by atoms with Crippen LogP contribution >= 0.6 is 0 Å². The van der Waals surface area contributed by atoms with Crippen molar-refractivity contribution in [2.45, 2.75) is 0 Å². The van der Waals surface area contributed by atoms with Crippen molar-refractivity contribution in [2.24, 2.45) is 0 Å². The van der Waals surface area contributed by atoms with E-state index in [0.29, 0.717) is 5.56 Å². The Kier molecular flexibility index (Phi) is 3.46. The maximum Gasteiger partial charge on any atom is 0.0403 e. The largest absolute Gasteiger partial charge is 0.871 e. The van der Waals surface area contributed by atoms with Gasteiger partial charge in [-0.2, -0.15) is 0 Å². The van der Waals surface area contributed by atoms with Gasteiger partial charge >= 0.3 is 0 Å². The van der Waals surface area contributed by atoms with E-state index in [2.05, 4.69) is 0 Å². The number of hydrogen-bond donors (Lipinski definition) is 0. The van der Waals surface area contributed by atoms with Gasteiger partial charge in [-0.15, -0.1) is 0 Å². The average Bonchev–Trinajstić information content (AvgIpc) is 2.40. The van der Waals surface area contributed by atoms with Crippen molar-refractivity contribution in [1.82, 2.24) is 0 Å². The molecular formula is C15H14NO-. The van der Waals surface area contributed by atoms with Crippen molar-refractivity contribution in [2.75, 3.05) is 11.9 Å². The third-order valence-corrected chi connectivity index (χ3v) is 2.53. The number of para-hydroxylation sites is 1. The Balaban J connectivity index is 2.20. The number of rotatable bonds is 3. The van der Waals surface area contributed by atoms with Crippen LogP contribution in [0.2, 0.25) is 0 Å². The monoisotopic (exact) mass is 224 g/mol. The minimum atomic E-state index is 0.0111. The van der Waals surface area contributed by atoms with Gasteiger partial charge in [-0.25, -0.2) is 0 Å². The highest BCUT2D eigenvalue weighted by Crippen LogP contribution is 2.14. The molecule has 0 heterocycles. The second-order valence-electron chi connectivity index (χ2n) is 3.81. The molecule has 0 aliphatic carbocycles. The van der Waals surface area contributed by atoms with Crippen LogP contribution in [-0.4, -0.2) is 7.05 Å². The molecule has 2 nitrogen and oxygen atoms in total. The van der Waals surface area contributed by atoms with Gasteiger partial charge in [-0.3, -0.25) is 0 Å². The number of anilines is 1. The van der Waals surface area contributed by atoms with Crippen LogP contribution in [0.1, 0.15) is 5.56 Å². The van der Waals surface area contributed by atoms with Gasteiger partial charge in [-0.05, 0) is 23.9 Å². The van der Waals surface area contributed by atoms with Crippen LogP contribution < -0.4 is 10.0 Å². The Labute approximate surface area is 101 Å². The van der Waals surface area contributed by atoms with Gasteiger partial charge in [0.2, 0.25) is 0 Å². The van der Waals surface area contributed by atoms with E-state index in [4.69, 9.17) is 0 Å². The lowest BCUT2D eigenvalue weighted by molar-refractivity contribution is -0.244. The first-order chi connectivity index (χ1) is 8.27. The highest BCUT2D eigenvalue weighted by molar-refractivity contribution is 5.61. The summed E-state index contributed by atoms with van der Waals surface area (Å²) in [4.78, 5) is 1.83. The Morgan fingerprint density at radius 3 is 2.06 bits per heavy atom. The van der Waals surface area contributed by atoms with E-state index in [9.17, 15) is 5.11 Å². The second-order valence-corrected chi connectivity index (χ2v) is 3.81. The van der Waals surface area contributed by atoms with E-state index in [0.717, 1.165) is 5.69 Å². The molecule has 0 saturated heterocycles. The molecule has 0 fully saturated rings. The van der Waals surface area contributed by atoms with Crippen LogP contribution in [0.25, 0.3) is 5.76 Å². The molecule has 0 saturated carbocycles. The molecule has 0 spiro atoms. The molecule has 0 atom stereocenters. The Bertz CT molecular complexity index is 491. The SMILES string of the molecule is CN(/C=C(\[O-])c1ccccc1)c1ccccc1. The zero-order valence-corrected chi connectivity index (χ0v) is 9.71. The van der Waals surface area contributed by atoms with Crippen LogP contribution in [0.3, 0.4) is 0 Å². The van der Waals surface area contributed by atoms with Gasteiger partial charge in [0.1, 0.15) is 0 Å². The summed E-state index contributed by atoms with van der Waals surface area (Å²) >= 11 is 0. The third kappa shape index (κ3) is 2.88. The summed E-state index contributed by atoms with van der Waals surface area (Å²) in [5, 5.41) is 11.9. The van der Waals surface area contributed by atoms with E-state index in [-0.39, 0.29) is 5.76 Å². The fraction of sp³-hybridized carbons (Fsp3) is 0.0667. The fourth-order valence-corrected chi connectivity index (χ4v) is 1.59. The van der Waals surface area contributed by atoms with Crippen LogP contribution in [-0.2, 0) is 0 Å². The molecule has 17 heavy (non-hydrogen) atoms. The van der Waals surface area contributed by atoms with Gasteiger partial charge < -0.3 is 10.0 Å². The number of nitrogens with zero attached hydrogens (tertiary/aromatic N) is 1. The highest BCUT2D eigenvalue weighted by atomic mass is 16.3. The second kappa shape index (κ2) is 5.21. The molecule has 0 radical (unpaired) electrons. The molecular weight excluding hydrogens is 210 g/mol. The smallest absolute Gasteiger partial charge is 0.0403 e. The minimum absolute atomic E-state index is 0.0111. The van der Waals surface area contributed by atoms with Crippen molar-refractivity contribution in [3.63, 3.8) is 0 Å².